The van der Waals surface area contributed by atoms with Crippen LogP contribution in [0.2, 0.25) is 0 Å². The van der Waals surface area contributed by atoms with E-state index in [4.69, 9.17) is 10.3 Å². The molecule has 0 aliphatic heterocycles. The molecule has 0 bridgehead atoms. The molecule has 0 heterocycles. The van der Waals surface area contributed by atoms with E-state index in [9.17, 15) is 8.42 Å². The molecule has 0 saturated heterocycles. The Kier molecular flexibility index (Phi) is 2.51. The number of benzene rings is 1. The summed E-state index contributed by atoms with van der Waals surface area (Å²) >= 11 is 0. The Hall–Kier alpha value is -0.950. The number of nitrogens with two attached hydrogens (primary N) is 1. The van der Waals surface area contributed by atoms with Crippen molar-refractivity contribution in [1.82, 2.24) is 0 Å². The van der Waals surface area contributed by atoms with E-state index in [0.717, 1.165) is 11.1 Å². The van der Waals surface area contributed by atoms with Crippen LogP contribution in [0.15, 0.2) is 24.3 Å². The van der Waals surface area contributed by atoms with Gasteiger partial charge in [0.2, 0.25) is 0 Å². The molecule has 15 heavy (non-hydrogen) atoms. The number of hydrogen-bond acceptors (Lipinski definition) is 4. The second-order valence-electron chi connectivity index (χ2n) is 3.49. The van der Waals surface area contributed by atoms with Gasteiger partial charge in [-0.3, -0.25) is 4.55 Å². The topological polar surface area (TPSA) is 89.6 Å². The van der Waals surface area contributed by atoms with Gasteiger partial charge in [0.15, 0.2) is 0 Å². The van der Waals surface area contributed by atoms with Crippen molar-refractivity contribution in [3.05, 3.63) is 35.4 Å². The molecular formula is C9H11NO4S. The van der Waals surface area contributed by atoms with Gasteiger partial charge in [-0.2, -0.15) is 8.42 Å². The molecule has 0 spiro atoms. The third-order valence-corrected chi connectivity index (χ3v) is 2.97. The average molecular weight is 229 g/mol. The van der Waals surface area contributed by atoms with Crippen LogP contribution in [0.5, 0.6) is 0 Å². The quantitative estimate of drug-likeness (QED) is 0.718. The fourth-order valence-electron chi connectivity index (χ4n) is 1.84. The van der Waals surface area contributed by atoms with Crippen molar-refractivity contribution in [1.29, 1.82) is 0 Å². The van der Waals surface area contributed by atoms with Gasteiger partial charge < -0.3 is 5.73 Å². The number of fused-ring (bicyclic) bond motifs is 1. The average Bonchev–Trinajstić information content (AvgIpc) is 2.42. The number of rotatable bonds is 2. The lowest BCUT2D eigenvalue weighted by atomic mass is 10.1. The molecule has 0 radical (unpaired) electrons. The minimum atomic E-state index is -4.44. The standard InChI is InChI=1S/C9H11NO4S/c10-9-7-4-2-1-3-6(7)5-8(9)14-15(11,12)13/h1-4,8-9H,5,10H2,(H,11,12,13)/t8-,9+/m1/s1. The second kappa shape index (κ2) is 3.57. The molecule has 0 fully saturated rings. The van der Waals surface area contributed by atoms with Gasteiger partial charge in [0.1, 0.15) is 6.10 Å². The lowest BCUT2D eigenvalue weighted by molar-refractivity contribution is 0.167. The first kappa shape index (κ1) is 10.6. The third kappa shape index (κ3) is 2.18. The molecule has 3 N–H and O–H groups in total. The molecule has 0 aromatic heterocycles. The summed E-state index contributed by atoms with van der Waals surface area (Å²) in [6, 6.07) is 6.86. The Bertz CT molecular complexity index is 471. The molecule has 6 heteroatoms. The summed E-state index contributed by atoms with van der Waals surface area (Å²) in [5.41, 5.74) is 7.62. The van der Waals surface area contributed by atoms with Crippen molar-refractivity contribution >= 4 is 10.4 Å². The van der Waals surface area contributed by atoms with Crippen LogP contribution in [0, 0.1) is 0 Å². The predicted octanol–water partition coefficient (Wildman–Crippen LogP) is 0.431. The van der Waals surface area contributed by atoms with Gasteiger partial charge in [0.05, 0.1) is 6.04 Å². The zero-order valence-corrected chi connectivity index (χ0v) is 8.65. The van der Waals surface area contributed by atoms with Crippen LogP contribution in [0.4, 0.5) is 0 Å². The highest BCUT2D eigenvalue weighted by atomic mass is 32.3. The monoisotopic (exact) mass is 229 g/mol. The summed E-state index contributed by atoms with van der Waals surface area (Å²) in [6.45, 7) is 0. The molecule has 0 unspecified atom stereocenters. The summed E-state index contributed by atoms with van der Waals surface area (Å²) < 4.78 is 34.2. The fourth-order valence-corrected chi connectivity index (χ4v) is 2.34. The van der Waals surface area contributed by atoms with Crippen molar-refractivity contribution in [3.63, 3.8) is 0 Å². The van der Waals surface area contributed by atoms with Crippen molar-refractivity contribution < 1.29 is 17.2 Å². The molecule has 1 aliphatic rings. The lowest BCUT2D eigenvalue weighted by Crippen LogP contribution is -2.27. The molecular weight excluding hydrogens is 218 g/mol. The normalized spacial score (nSPS) is 25.2. The first-order valence-electron chi connectivity index (χ1n) is 4.46. The van der Waals surface area contributed by atoms with E-state index >= 15 is 0 Å². The van der Waals surface area contributed by atoms with Crippen molar-refractivity contribution in [2.24, 2.45) is 5.73 Å². The van der Waals surface area contributed by atoms with Crippen LogP contribution in [0.1, 0.15) is 17.2 Å². The SMILES string of the molecule is N[C@H]1c2ccccc2C[C@H]1OS(=O)(=O)O. The van der Waals surface area contributed by atoms with Gasteiger partial charge in [0, 0.05) is 6.42 Å². The molecule has 1 aliphatic carbocycles. The highest BCUT2D eigenvalue weighted by molar-refractivity contribution is 7.80. The van der Waals surface area contributed by atoms with Gasteiger partial charge in [-0.25, -0.2) is 4.18 Å². The van der Waals surface area contributed by atoms with E-state index in [2.05, 4.69) is 4.18 Å². The largest absolute Gasteiger partial charge is 0.397 e. The highest BCUT2D eigenvalue weighted by Gasteiger charge is 2.33. The van der Waals surface area contributed by atoms with Gasteiger partial charge in [-0.1, -0.05) is 24.3 Å². The molecule has 2 atom stereocenters. The predicted molar refractivity (Wildman–Crippen MR) is 53.5 cm³/mol. The van der Waals surface area contributed by atoms with Gasteiger partial charge in [0.25, 0.3) is 0 Å². The molecule has 1 aromatic rings. The van der Waals surface area contributed by atoms with Crippen LogP contribution in [-0.4, -0.2) is 19.1 Å². The smallest absolute Gasteiger partial charge is 0.322 e. The van der Waals surface area contributed by atoms with E-state index in [0.29, 0.717) is 6.42 Å². The van der Waals surface area contributed by atoms with Crippen molar-refractivity contribution in [3.8, 4) is 0 Å². The molecule has 2 rings (SSSR count). The molecule has 5 nitrogen and oxygen atoms in total. The zero-order valence-electron chi connectivity index (χ0n) is 7.83. The molecule has 82 valence electrons. The van der Waals surface area contributed by atoms with Crippen LogP contribution in [0.25, 0.3) is 0 Å². The molecule has 0 amide bonds. The fraction of sp³-hybridized carbons (Fsp3) is 0.333. The Morgan fingerprint density at radius 2 is 2.07 bits per heavy atom. The van der Waals surface area contributed by atoms with Gasteiger partial charge in [-0.15, -0.1) is 0 Å². The maximum absolute atomic E-state index is 10.6. The first-order valence-corrected chi connectivity index (χ1v) is 5.83. The molecule has 1 aromatic carbocycles. The first-order chi connectivity index (χ1) is 6.97. The Balaban J connectivity index is 2.24. The van der Waals surface area contributed by atoms with Gasteiger partial charge >= 0.3 is 10.4 Å². The zero-order chi connectivity index (χ0) is 11.1. The maximum Gasteiger partial charge on any atom is 0.397 e. The van der Waals surface area contributed by atoms with Crippen LogP contribution < -0.4 is 5.73 Å². The highest BCUT2D eigenvalue weighted by Crippen LogP contribution is 2.31. The number of hydrogen-bond donors (Lipinski definition) is 2. The van der Waals surface area contributed by atoms with Crippen LogP contribution in [0.3, 0.4) is 0 Å². The van der Waals surface area contributed by atoms with Crippen LogP contribution >= 0.6 is 0 Å². The minimum absolute atomic E-state index is 0.400. The van der Waals surface area contributed by atoms with E-state index in [1.165, 1.54) is 0 Å². The summed E-state index contributed by atoms with van der Waals surface area (Å²) in [5, 5.41) is 0. The molecule has 0 saturated carbocycles. The van der Waals surface area contributed by atoms with E-state index in [1.54, 1.807) is 0 Å². The third-order valence-electron chi connectivity index (χ3n) is 2.48. The summed E-state index contributed by atoms with van der Waals surface area (Å²) in [6.07, 6.45) is -0.311. The van der Waals surface area contributed by atoms with Crippen LogP contribution in [-0.2, 0) is 21.0 Å². The van der Waals surface area contributed by atoms with E-state index < -0.39 is 22.5 Å². The Morgan fingerprint density at radius 3 is 2.67 bits per heavy atom. The summed E-state index contributed by atoms with van der Waals surface area (Å²) in [4.78, 5) is 0. The second-order valence-corrected chi connectivity index (χ2v) is 4.54. The van der Waals surface area contributed by atoms with E-state index in [1.807, 2.05) is 24.3 Å². The Labute approximate surface area is 87.8 Å². The Morgan fingerprint density at radius 1 is 1.40 bits per heavy atom. The van der Waals surface area contributed by atoms with E-state index in [-0.39, 0.29) is 0 Å². The summed E-state index contributed by atoms with van der Waals surface area (Å²) in [7, 11) is -4.44. The minimum Gasteiger partial charge on any atom is -0.322 e. The van der Waals surface area contributed by atoms with Crippen molar-refractivity contribution in [2.45, 2.75) is 18.6 Å². The lowest BCUT2D eigenvalue weighted by Gasteiger charge is -2.13. The van der Waals surface area contributed by atoms with Gasteiger partial charge in [-0.05, 0) is 11.1 Å². The summed E-state index contributed by atoms with van der Waals surface area (Å²) in [5.74, 6) is 0. The maximum atomic E-state index is 10.6. The van der Waals surface area contributed by atoms with Crippen molar-refractivity contribution in [2.75, 3.05) is 0 Å².